The molecule has 1 aromatic heterocycles. The molecule has 3 heteroatoms. The molecule has 102 valence electrons. The highest BCUT2D eigenvalue weighted by Gasteiger charge is 2.15. The zero-order valence-corrected chi connectivity index (χ0v) is 11.8. The number of benzene rings is 1. The maximum absolute atomic E-state index is 5.41. The largest absolute Gasteiger partial charge is 0.497 e. The molecule has 3 nitrogen and oxygen atoms in total. The van der Waals surface area contributed by atoms with Crippen molar-refractivity contribution < 1.29 is 9.15 Å². The lowest BCUT2D eigenvalue weighted by molar-refractivity contribution is 0.413. The number of likely N-dealkylation sites (N-methyl/N-ethyl adjacent to an activating group) is 1. The molecule has 1 atom stereocenters. The van der Waals surface area contributed by atoms with Gasteiger partial charge in [-0.15, -0.1) is 0 Å². The second-order valence-electron chi connectivity index (χ2n) is 4.60. The van der Waals surface area contributed by atoms with Gasteiger partial charge < -0.3 is 14.5 Å². The fraction of sp³-hybridized carbons (Fsp3) is 0.375. The van der Waals surface area contributed by atoms with Gasteiger partial charge in [0.25, 0.3) is 0 Å². The number of aryl methyl sites for hydroxylation is 1. The van der Waals surface area contributed by atoms with E-state index in [0.29, 0.717) is 0 Å². The molecular formula is C16H21NO2. The summed E-state index contributed by atoms with van der Waals surface area (Å²) in [4.78, 5) is 0. The number of hydrogen-bond acceptors (Lipinski definition) is 3. The van der Waals surface area contributed by atoms with E-state index in [9.17, 15) is 0 Å². The van der Waals surface area contributed by atoms with Crippen molar-refractivity contribution in [3.63, 3.8) is 0 Å². The number of ether oxygens (including phenoxy) is 1. The van der Waals surface area contributed by atoms with Crippen LogP contribution in [0.15, 0.2) is 41.0 Å². The van der Waals surface area contributed by atoms with Gasteiger partial charge in [-0.05, 0) is 43.7 Å². The van der Waals surface area contributed by atoms with Gasteiger partial charge in [0.1, 0.15) is 11.5 Å². The fourth-order valence-electron chi connectivity index (χ4n) is 2.33. The third kappa shape index (κ3) is 3.38. The van der Waals surface area contributed by atoms with E-state index < -0.39 is 0 Å². The average Bonchev–Trinajstić information content (AvgIpc) is 2.85. The van der Waals surface area contributed by atoms with Crippen LogP contribution >= 0.6 is 0 Å². The molecule has 0 aliphatic heterocycles. The topological polar surface area (TPSA) is 34.4 Å². The molecule has 0 fully saturated rings. The van der Waals surface area contributed by atoms with Crippen LogP contribution in [0, 0.1) is 6.92 Å². The van der Waals surface area contributed by atoms with E-state index >= 15 is 0 Å². The van der Waals surface area contributed by atoms with Gasteiger partial charge >= 0.3 is 0 Å². The predicted octanol–water partition coefficient (Wildman–Crippen LogP) is 3.49. The molecule has 2 rings (SSSR count). The van der Waals surface area contributed by atoms with Gasteiger partial charge in [0, 0.05) is 11.6 Å². The molecule has 0 bridgehead atoms. The first-order chi connectivity index (χ1) is 9.24. The van der Waals surface area contributed by atoms with Crippen molar-refractivity contribution >= 4 is 0 Å². The van der Waals surface area contributed by atoms with Gasteiger partial charge in [-0.2, -0.15) is 0 Å². The first-order valence-corrected chi connectivity index (χ1v) is 6.65. The number of methoxy groups -OCH3 is 1. The molecule has 1 unspecified atom stereocenters. The van der Waals surface area contributed by atoms with E-state index in [2.05, 4.69) is 24.4 Å². The molecule has 0 aliphatic carbocycles. The van der Waals surface area contributed by atoms with E-state index in [0.717, 1.165) is 24.5 Å². The summed E-state index contributed by atoms with van der Waals surface area (Å²) in [6, 6.07) is 10.5. The molecule has 1 heterocycles. The van der Waals surface area contributed by atoms with Crippen molar-refractivity contribution in [2.75, 3.05) is 13.7 Å². The van der Waals surface area contributed by atoms with Crippen molar-refractivity contribution in [3.8, 4) is 5.75 Å². The first kappa shape index (κ1) is 13.7. The van der Waals surface area contributed by atoms with Crippen LogP contribution < -0.4 is 10.1 Å². The summed E-state index contributed by atoms with van der Waals surface area (Å²) in [6.45, 7) is 5.05. The molecule has 0 saturated carbocycles. The van der Waals surface area contributed by atoms with Crippen LogP contribution in [-0.2, 0) is 6.42 Å². The normalized spacial score (nSPS) is 12.4. The van der Waals surface area contributed by atoms with Gasteiger partial charge in [0.05, 0.1) is 13.4 Å². The number of nitrogens with one attached hydrogen (secondary N) is 1. The Morgan fingerprint density at radius 2 is 2.16 bits per heavy atom. The summed E-state index contributed by atoms with van der Waals surface area (Å²) in [5, 5.41) is 3.51. The van der Waals surface area contributed by atoms with Crippen LogP contribution in [0.25, 0.3) is 0 Å². The average molecular weight is 259 g/mol. The smallest absolute Gasteiger partial charge is 0.119 e. The predicted molar refractivity (Wildman–Crippen MR) is 76.6 cm³/mol. The van der Waals surface area contributed by atoms with E-state index in [-0.39, 0.29) is 6.04 Å². The summed E-state index contributed by atoms with van der Waals surface area (Å²) in [6.07, 6.45) is 2.67. The maximum Gasteiger partial charge on any atom is 0.119 e. The van der Waals surface area contributed by atoms with Crippen LogP contribution in [0.1, 0.15) is 29.9 Å². The first-order valence-electron chi connectivity index (χ1n) is 6.65. The van der Waals surface area contributed by atoms with Gasteiger partial charge in [0.15, 0.2) is 0 Å². The molecule has 0 saturated heterocycles. The molecule has 0 aliphatic rings. The summed E-state index contributed by atoms with van der Waals surface area (Å²) >= 11 is 0. The standard InChI is InChI=1S/C16H21NO2/c1-4-17-16(15-8-9-19-12(15)2)11-13-6-5-7-14(10-13)18-3/h5-10,16-17H,4,11H2,1-3H3. The van der Waals surface area contributed by atoms with Crippen molar-refractivity contribution in [1.29, 1.82) is 0 Å². The van der Waals surface area contributed by atoms with E-state index in [1.807, 2.05) is 25.1 Å². The Morgan fingerprint density at radius 1 is 1.32 bits per heavy atom. The van der Waals surface area contributed by atoms with Gasteiger partial charge in [-0.25, -0.2) is 0 Å². The Kier molecular flexibility index (Phi) is 4.63. The summed E-state index contributed by atoms with van der Waals surface area (Å²) in [5.74, 6) is 1.88. The lowest BCUT2D eigenvalue weighted by Crippen LogP contribution is -2.23. The molecule has 0 amide bonds. The Labute approximate surface area is 114 Å². The van der Waals surface area contributed by atoms with Crippen LogP contribution in [0.3, 0.4) is 0 Å². The zero-order chi connectivity index (χ0) is 13.7. The van der Waals surface area contributed by atoms with E-state index in [1.54, 1.807) is 13.4 Å². The van der Waals surface area contributed by atoms with Crippen molar-refractivity contribution in [2.45, 2.75) is 26.3 Å². The van der Waals surface area contributed by atoms with E-state index in [1.165, 1.54) is 11.1 Å². The zero-order valence-electron chi connectivity index (χ0n) is 11.8. The molecule has 0 spiro atoms. The maximum atomic E-state index is 5.41. The summed E-state index contributed by atoms with van der Waals surface area (Å²) in [5.41, 5.74) is 2.48. The minimum absolute atomic E-state index is 0.274. The Balaban J connectivity index is 2.18. The third-order valence-electron chi connectivity index (χ3n) is 3.30. The van der Waals surface area contributed by atoms with Crippen LogP contribution in [0.4, 0.5) is 0 Å². The molecular weight excluding hydrogens is 238 g/mol. The van der Waals surface area contributed by atoms with Crippen LogP contribution in [0.2, 0.25) is 0 Å². The molecule has 19 heavy (non-hydrogen) atoms. The van der Waals surface area contributed by atoms with E-state index in [4.69, 9.17) is 9.15 Å². The Bertz CT molecular complexity index is 519. The monoisotopic (exact) mass is 259 g/mol. The number of rotatable bonds is 6. The molecule has 1 N–H and O–H groups in total. The van der Waals surface area contributed by atoms with Crippen molar-refractivity contribution in [3.05, 3.63) is 53.5 Å². The molecule has 2 aromatic rings. The second kappa shape index (κ2) is 6.43. The number of furan rings is 1. The second-order valence-corrected chi connectivity index (χ2v) is 4.60. The lowest BCUT2D eigenvalue weighted by Gasteiger charge is -2.18. The number of hydrogen-bond donors (Lipinski definition) is 1. The Morgan fingerprint density at radius 3 is 2.79 bits per heavy atom. The van der Waals surface area contributed by atoms with Gasteiger partial charge in [0.2, 0.25) is 0 Å². The summed E-state index contributed by atoms with van der Waals surface area (Å²) in [7, 11) is 1.70. The van der Waals surface area contributed by atoms with Crippen LogP contribution in [-0.4, -0.2) is 13.7 Å². The quantitative estimate of drug-likeness (QED) is 0.862. The lowest BCUT2D eigenvalue weighted by atomic mass is 9.99. The fourth-order valence-corrected chi connectivity index (χ4v) is 2.33. The Hall–Kier alpha value is -1.74. The molecule has 0 radical (unpaired) electrons. The van der Waals surface area contributed by atoms with Crippen molar-refractivity contribution in [1.82, 2.24) is 5.32 Å². The van der Waals surface area contributed by atoms with Crippen LogP contribution in [0.5, 0.6) is 5.75 Å². The molecule has 1 aromatic carbocycles. The minimum Gasteiger partial charge on any atom is -0.497 e. The SMILES string of the molecule is CCNC(Cc1cccc(OC)c1)c1ccoc1C. The summed E-state index contributed by atoms with van der Waals surface area (Å²) < 4.78 is 10.7. The van der Waals surface area contributed by atoms with Crippen molar-refractivity contribution in [2.24, 2.45) is 0 Å². The minimum atomic E-state index is 0.274. The highest BCUT2D eigenvalue weighted by molar-refractivity contribution is 5.31. The van der Waals surface area contributed by atoms with Gasteiger partial charge in [-0.3, -0.25) is 0 Å². The van der Waals surface area contributed by atoms with Gasteiger partial charge in [-0.1, -0.05) is 19.1 Å². The highest BCUT2D eigenvalue weighted by Crippen LogP contribution is 2.24. The third-order valence-corrected chi connectivity index (χ3v) is 3.30. The highest BCUT2D eigenvalue weighted by atomic mass is 16.5.